The summed E-state index contributed by atoms with van der Waals surface area (Å²) in [6.07, 6.45) is 2.89. The van der Waals surface area contributed by atoms with Crippen molar-refractivity contribution < 1.29 is 14.3 Å². The lowest BCUT2D eigenvalue weighted by atomic mass is 9.88. The van der Waals surface area contributed by atoms with Gasteiger partial charge in [-0.1, -0.05) is 36.0 Å². The molecule has 8 heteroatoms. The quantitative estimate of drug-likeness (QED) is 0.437. The molecule has 0 radical (unpaired) electrons. The molecule has 28 heavy (non-hydrogen) atoms. The molecular formula is C20H23N3O4S. The first-order valence-electron chi connectivity index (χ1n) is 9.18. The molecule has 1 amide bonds. The van der Waals surface area contributed by atoms with E-state index in [1.54, 1.807) is 6.92 Å². The van der Waals surface area contributed by atoms with Gasteiger partial charge in [0, 0.05) is 6.07 Å². The molecule has 1 aromatic heterocycles. The van der Waals surface area contributed by atoms with Gasteiger partial charge in [0.2, 0.25) is 5.91 Å². The maximum absolute atomic E-state index is 12.7. The van der Waals surface area contributed by atoms with E-state index in [-0.39, 0.29) is 23.9 Å². The van der Waals surface area contributed by atoms with E-state index in [1.807, 2.05) is 12.1 Å². The van der Waals surface area contributed by atoms with Crippen LogP contribution in [0.15, 0.2) is 40.3 Å². The first-order valence-corrected chi connectivity index (χ1v) is 10.1. The summed E-state index contributed by atoms with van der Waals surface area (Å²) in [6, 6.07) is 9.43. The van der Waals surface area contributed by atoms with Crippen LogP contribution in [0.2, 0.25) is 0 Å². The number of fused-ring (bicyclic) bond motifs is 1. The number of nitrogens with zero attached hydrogens (tertiary/aromatic N) is 1. The van der Waals surface area contributed by atoms with Crippen LogP contribution in [0.3, 0.4) is 0 Å². The van der Waals surface area contributed by atoms with Crippen molar-refractivity contribution in [2.45, 2.75) is 49.1 Å². The molecule has 2 aromatic rings. The summed E-state index contributed by atoms with van der Waals surface area (Å²) in [5.74, 6) is -0.594. The highest BCUT2D eigenvalue weighted by molar-refractivity contribution is 8.00. The van der Waals surface area contributed by atoms with E-state index in [1.165, 1.54) is 24.3 Å². The minimum atomic E-state index is -0.476. The smallest absolute Gasteiger partial charge is 0.311 e. The Balaban J connectivity index is 1.67. The molecule has 3 rings (SSSR count). The number of hydrogen-bond acceptors (Lipinski definition) is 6. The Morgan fingerprint density at radius 3 is 2.96 bits per heavy atom. The lowest BCUT2D eigenvalue weighted by Crippen LogP contribution is -2.36. The van der Waals surface area contributed by atoms with Gasteiger partial charge in [-0.05, 0) is 37.3 Å². The SMILES string of the molecule is COC(=O)Cc1cc(=O)[nH]c(S[C@@H](C)C(=O)N[C@H]2CCCc3ccccc32)n1. The zero-order valence-corrected chi connectivity index (χ0v) is 16.7. The summed E-state index contributed by atoms with van der Waals surface area (Å²) >= 11 is 1.15. The number of ether oxygens (including phenoxy) is 1. The Bertz CT molecular complexity index is 928. The Hall–Kier alpha value is -2.61. The Kier molecular flexibility index (Phi) is 6.51. The van der Waals surface area contributed by atoms with Crippen molar-refractivity contribution in [1.82, 2.24) is 15.3 Å². The number of nitrogens with one attached hydrogen (secondary N) is 2. The topological polar surface area (TPSA) is 101 Å². The third-order valence-electron chi connectivity index (χ3n) is 4.67. The predicted octanol–water partition coefficient (Wildman–Crippen LogP) is 2.16. The zero-order valence-electron chi connectivity index (χ0n) is 15.9. The molecule has 0 spiro atoms. The van der Waals surface area contributed by atoms with E-state index < -0.39 is 11.2 Å². The number of benzene rings is 1. The Morgan fingerprint density at radius 2 is 2.18 bits per heavy atom. The molecule has 0 aliphatic heterocycles. The van der Waals surface area contributed by atoms with E-state index >= 15 is 0 Å². The zero-order chi connectivity index (χ0) is 20.1. The molecular weight excluding hydrogens is 378 g/mol. The number of aromatic amines is 1. The molecule has 0 saturated heterocycles. The lowest BCUT2D eigenvalue weighted by Gasteiger charge is -2.27. The largest absolute Gasteiger partial charge is 0.469 e. The molecule has 0 unspecified atom stereocenters. The van der Waals surface area contributed by atoms with E-state index in [4.69, 9.17) is 0 Å². The van der Waals surface area contributed by atoms with Crippen molar-refractivity contribution in [3.63, 3.8) is 0 Å². The van der Waals surface area contributed by atoms with Crippen molar-refractivity contribution in [3.05, 3.63) is 57.5 Å². The van der Waals surface area contributed by atoms with Gasteiger partial charge < -0.3 is 15.0 Å². The van der Waals surface area contributed by atoms with E-state index in [2.05, 4.69) is 32.2 Å². The van der Waals surface area contributed by atoms with Gasteiger partial charge in [0.05, 0.1) is 30.5 Å². The van der Waals surface area contributed by atoms with Crippen LogP contribution in [0.25, 0.3) is 0 Å². The maximum atomic E-state index is 12.7. The van der Waals surface area contributed by atoms with Crippen molar-refractivity contribution in [1.29, 1.82) is 0 Å². The number of amides is 1. The average Bonchev–Trinajstić information content (AvgIpc) is 2.67. The fourth-order valence-corrected chi connectivity index (χ4v) is 4.10. The first-order chi connectivity index (χ1) is 13.5. The number of hydrogen-bond donors (Lipinski definition) is 2. The highest BCUT2D eigenvalue weighted by Gasteiger charge is 2.24. The van der Waals surface area contributed by atoms with Gasteiger partial charge in [-0.15, -0.1) is 0 Å². The molecule has 0 bridgehead atoms. The summed E-state index contributed by atoms with van der Waals surface area (Å²) in [4.78, 5) is 42.8. The molecule has 1 aromatic carbocycles. The molecule has 1 aliphatic rings. The number of carbonyl (C=O) groups is 2. The normalized spacial score (nSPS) is 16.7. The van der Waals surface area contributed by atoms with Gasteiger partial charge >= 0.3 is 5.97 Å². The summed E-state index contributed by atoms with van der Waals surface area (Å²) < 4.78 is 4.60. The van der Waals surface area contributed by atoms with Crippen LogP contribution in [0.5, 0.6) is 0 Å². The number of thioether (sulfide) groups is 1. The number of aryl methyl sites for hydroxylation is 1. The summed E-state index contributed by atoms with van der Waals surface area (Å²) in [6.45, 7) is 1.77. The predicted molar refractivity (Wildman–Crippen MR) is 106 cm³/mol. The number of esters is 1. The third kappa shape index (κ3) is 5.01. The van der Waals surface area contributed by atoms with E-state index in [0.717, 1.165) is 31.0 Å². The summed E-state index contributed by atoms with van der Waals surface area (Å²) in [5, 5.41) is 2.96. The number of methoxy groups -OCH3 is 1. The molecule has 1 aliphatic carbocycles. The van der Waals surface area contributed by atoms with E-state index in [9.17, 15) is 14.4 Å². The van der Waals surface area contributed by atoms with Crippen LogP contribution in [0.1, 0.15) is 42.6 Å². The number of H-pyrrole nitrogens is 1. The average molecular weight is 401 g/mol. The fourth-order valence-electron chi connectivity index (χ4n) is 3.26. The molecule has 0 fully saturated rings. The standard InChI is InChI=1S/C20H23N3O4S/c1-12(28-20-21-14(10-17(24)23-20)11-18(25)27-2)19(26)22-16-9-5-7-13-6-3-4-8-15(13)16/h3-4,6,8,10,12,16H,5,7,9,11H2,1-2H3,(H,22,26)(H,21,23,24)/t12-,16-/m0/s1. The first kappa shape index (κ1) is 20.1. The minimum Gasteiger partial charge on any atom is -0.469 e. The monoisotopic (exact) mass is 401 g/mol. The highest BCUT2D eigenvalue weighted by Crippen LogP contribution is 2.30. The number of carbonyl (C=O) groups excluding carboxylic acids is 2. The van der Waals surface area contributed by atoms with Crippen LogP contribution < -0.4 is 10.9 Å². The lowest BCUT2D eigenvalue weighted by molar-refractivity contribution is -0.139. The molecule has 7 nitrogen and oxygen atoms in total. The minimum absolute atomic E-state index is 0.00170. The van der Waals surface area contributed by atoms with Crippen LogP contribution in [-0.4, -0.2) is 34.2 Å². The highest BCUT2D eigenvalue weighted by atomic mass is 32.2. The van der Waals surface area contributed by atoms with Gasteiger partial charge in [0.25, 0.3) is 5.56 Å². The van der Waals surface area contributed by atoms with Crippen LogP contribution in [0, 0.1) is 0 Å². The Labute approximate surface area is 167 Å². The second-order valence-corrected chi connectivity index (χ2v) is 8.04. The summed E-state index contributed by atoms with van der Waals surface area (Å²) in [7, 11) is 1.28. The second kappa shape index (κ2) is 9.05. The van der Waals surface area contributed by atoms with Gasteiger partial charge in [0.15, 0.2) is 5.16 Å². The van der Waals surface area contributed by atoms with Crippen molar-refractivity contribution >= 4 is 23.6 Å². The van der Waals surface area contributed by atoms with Crippen LogP contribution in [0.4, 0.5) is 0 Å². The molecule has 2 atom stereocenters. The maximum Gasteiger partial charge on any atom is 0.311 e. The molecule has 0 saturated carbocycles. The number of aromatic nitrogens is 2. The van der Waals surface area contributed by atoms with E-state index in [0.29, 0.717) is 10.9 Å². The molecule has 148 valence electrons. The molecule has 2 N–H and O–H groups in total. The van der Waals surface area contributed by atoms with Gasteiger partial charge in [-0.3, -0.25) is 14.4 Å². The van der Waals surface area contributed by atoms with Crippen molar-refractivity contribution in [2.75, 3.05) is 7.11 Å². The second-order valence-electron chi connectivity index (χ2n) is 6.71. The Morgan fingerprint density at radius 1 is 1.39 bits per heavy atom. The van der Waals surface area contributed by atoms with Crippen molar-refractivity contribution in [2.24, 2.45) is 0 Å². The van der Waals surface area contributed by atoms with Gasteiger partial charge in [-0.2, -0.15) is 0 Å². The van der Waals surface area contributed by atoms with Gasteiger partial charge in [-0.25, -0.2) is 4.98 Å². The molecule has 1 heterocycles. The summed E-state index contributed by atoms with van der Waals surface area (Å²) in [5.41, 5.74) is 2.39. The number of rotatable bonds is 6. The van der Waals surface area contributed by atoms with Crippen molar-refractivity contribution in [3.8, 4) is 0 Å². The van der Waals surface area contributed by atoms with Crippen LogP contribution >= 0.6 is 11.8 Å². The van der Waals surface area contributed by atoms with Gasteiger partial charge in [0.1, 0.15) is 0 Å². The fraction of sp³-hybridized carbons (Fsp3) is 0.400. The third-order valence-corrected chi connectivity index (χ3v) is 5.65. The van der Waals surface area contributed by atoms with Crippen LogP contribution in [-0.2, 0) is 27.2 Å².